The number of amides is 1. The van der Waals surface area contributed by atoms with Gasteiger partial charge in [-0.05, 0) is 62.8 Å². The molecule has 6 nitrogen and oxygen atoms in total. The molecule has 28 heavy (non-hydrogen) atoms. The number of nitrogens with zero attached hydrogens (tertiary/aromatic N) is 2. The molecule has 6 heteroatoms. The van der Waals surface area contributed by atoms with Crippen molar-refractivity contribution in [1.82, 2.24) is 0 Å². The summed E-state index contributed by atoms with van der Waals surface area (Å²) in [4.78, 5) is 26.1. The van der Waals surface area contributed by atoms with Crippen molar-refractivity contribution in [1.29, 1.82) is 0 Å². The lowest BCUT2D eigenvalue weighted by molar-refractivity contribution is -0.384. The zero-order chi connectivity index (χ0) is 20.4. The third-order valence-corrected chi connectivity index (χ3v) is 5.47. The van der Waals surface area contributed by atoms with Crippen LogP contribution >= 0.6 is 0 Å². The average Bonchev–Trinajstić information content (AvgIpc) is 2.64. The first-order valence-electron chi connectivity index (χ1n) is 9.69. The van der Waals surface area contributed by atoms with Gasteiger partial charge >= 0.3 is 0 Å². The van der Waals surface area contributed by atoms with Crippen molar-refractivity contribution in [3.8, 4) is 0 Å². The van der Waals surface area contributed by atoms with Crippen molar-refractivity contribution in [3.05, 3.63) is 62.7 Å². The van der Waals surface area contributed by atoms with Gasteiger partial charge in [-0.1, -0.05) is 24.6 Å². The minimum Gasteiger partial charge on any atom is -0.366 e. The zero-order valence-corrected chi connectivity index (χ0v) is 16.9. The lowest BCUT2D eigenvalue weighted by Gasteiger charge is -2.31. The van der Waals surface area contributed by atoms with Crippen LogP contribution in [0.25, 0.3) is 0 Å². The van der Waals surface area contributed by atoms with Crippen LogP contribution in [-0.4, -0.2) is 23.9 Å². The molecule has 3 rings (SSSR count). The molecule has 1 heterocycles. The minimum atomic E-state index is -0.396. The maximum absolute atomic E-state index is 12.8. The third-order valence-electron chi connectivity index (χ3n) is 5.47. The van der Waals surface area contributed by atoms with E-state index in [0.717, 1.165) is 48.3 Å². The van der Waals surface area contributed by atoms with Crippen molar-refractivity contribution in [3.63, 3.8) is 0 Å². The smallest absolute Gasteiger partial charge is 0.293 e. The number of hydrogen-bond acceptors (Lipinski definition) is 4. The maximum atomic E-state index is 12.8. The van der Waals surface area contributed by atoms with E-state index in [9.17, 15) is 14.9 Å². The predicted molar refractivity (Wildman–Crippen MR) is 112 cm³/mol. The summed E-state index contributed by atoms with van der Waals surface area (Å²) in [5.74, 6) is 0.304. The Morgan fingerprint density at radius 1 is 1.11 bits per heavy atom. The normalized spacial score (nSPS) is 14.8. The summed E-state index contributed by atoms with van der Waals surface area (Å²) in [6.07, 6.45) is 2.04. The molecule has 2 aromatic rings. The summed E-state index contributed by atoms with van der Waals surface area (Å²) in [5.41, 5.74) is 4.70. The highest BCUT2D eigenvalue weighted by Crippen LogP contribution is 2.33. The van der Waals surface area contributed by atoms with Crippen molar-refractivity contribution in [2.24, 2.45) is 5.92 Å². The van der Waals surface area contributed by atoms with Crippen molar-refractivity contribution in [2.45, 2.75) is 40.5 Å². The number of benzene rings is 2. The molecule has 1 fully saturated rings. The Labute approximate surface area is 165 Å². The largest absolute Gasteiger partial charge is 0.366 e. The van der Waals surface area contributed by atoms with Crippen molar-refractivity contribution >= 4 is 23.0 Å². The van der Waals surface area contributed by atoms with Gasteiger partial charge in [0.05, 0.1) is 4.92 Å². The van der Waals surface area contributed by atoms with E-state index in [1.54, 1.807) is 12.1 Å². The summed E-state index contributed by atoms with van der Waals surface area (Å²) < 4.78 is 0. The first-order valence-corrected chi connectivity index (χ1v) is 9.69. The molecule has 0 atom stereocenters. The lowest BCUT2D eigenvalue weighted by Crippen LogP contribution is -2.33. The van der Waals surface area contributed by atoms with Crippen LogP contribution in [-0.2, 0) is 0 Å². The van der Waals surface area contributed by atoms with Gasteiger partial charge < -0.3 is 10.2 Å². The molecular formula is C22H27N3O3. The summed E-state index contributed by atoms with van der Waals surface area (Å²) in [7, 11) is 0. The van der Waals surface area contributed by atoms with E-state index in [2.05, 4.69) is 12.2 Å². The minimum absolute atomic E-state index is 0.0143. The monoisotopic (exact) mass is 381 g/mol. The molecule has 0 bridgehead atoms. The van der Waals surface area contributed by atoms with E-state index in [-0.39, 0.29) is 11.6 Å². The third kappa shape index (κ3) is 4.16. The SMILES string of the molecule is Cc1cc(C)c(NC(=O)c2ccc(N3CCC(C)CC3)c([N+](=O)[O-])c2)c(C)c1. The highest BCUT2D eigenvalue weighted by molar-refractivity contribution is 6.06. The molecule has 1 aliphatic heterocycles. The van der Waals surface area contributed by atoms with E-state index in [1.807, 2.05) is 37.8 Å². The number of nitro groups is 1. The predicted octanol–water partition coefficient (Wildman–Crippen LogP) is 5.01. The van der Waals surface area contributed by atoms with E-state index >= 15 is 0 Å². The number of rotatable bonds is 4. The fraction of sp³-hybridized carbons (Fsp3) is 0.409. The molecule has 148 valence electrons. The van der Waals surface area contributed by atoms with Crippen LogP contribution in [0.5, 0.6) is 0 Å². The van der Waals surface area contributed by atoms with Crippen LogP contribution in [0.2, 0.25) is 0 Å². The standard InChI is InChI=1S/C22H27N3O3/c1-14-7-9-24(10-8-14)19-6-5-18(13-20(19)25(27)28)22(26)23-21-16(3)11-15(2)12-17(21)4/h5-6,11-14H,7-10H2,1-4H3,(H,23,26). The Hall–Kier alpha value is -2.89. The van der Waals surface area contributed by atoms with Crippen molar-refractivity contribution < 1.29 is 9.72 Å². The fourth-order valence-electron chi connectivity index (χ4n) is 3.89. The Kier molecular flexibility index (Phi) is 5.68. The highest BCUT2D eigenvalue weighted by Gasteiger charge is 2.25. The molecule has 0 spiro atoms. The average molecular weight is 381 g/mol. The number of anilines is 2. The second-order valence-electron chi connectivity index (χ2n) is 7.86. The Morgan fingerprint density at radius 2 is 1.71 bits per heavy atom. The first kappa shape index (κ1) is 19.9. The van der Waals surface area contributed by atoms with Gasteiger partial charge in [0.2, 0.25) is 0 Å². The van der Waals surface area contributed by atoms with Gasteiger partial charge in [-0.25, -0.2) is 0 Å². The molecule has 0 unspecified atom stereocenters. The van der Waals surface area contributed by atoms with Gasteiger partial charge in [0.25, 0.3) is 11.6 Å². The Balaban J connectivity index is 1.87. The summed E-state index contributed by atoms with van der Waals surface area (Å²) in [6.45, 7) is 9.70. The number of aryl methyl sites for hydroxylation is 3. The van der Waals surface area contributed by atoms with E-state index in [0.29, 0.717) is 17.2 Å². The van der Waals surface area contributed by atoms with Crippen LogP contribution in [0.15, 0.2) is 30.3 Å². The van der Waals surface area contributed by atoms with E-state index in [1.165, 1.54) is 6.07 Å². The maximum Gasteiger partial charge on any atom is 0.293 e. The molecule has 0 radical (unpaired) electrons. The first-order chi connectivity index (χ1) is 13.3. The number of nitrogens with one attached hydrogen (secondary N) is 1. The number of carbonyl (C=O) groups excluding carboxylic acids is 1. The topological polar surface area (TPSA) is 75.5 Å². The second-order valence-corrected chi connectivity index (χ2v) is 7.86. The van der Waals surface area contributed by atoms with Crippen LogP contribution in [0.1, 0.15) is 46.8 Å². The molecule has 2 aromatic carbocycles. The second kappa shape index (κ2) is 8.00. The molecule has 1 amide bonds. The number of nitro benzene ring substituents is 1. The highest BCUT2D eigenvalue weighted by atomic mass is 16.6. The van der Waals surface area contributed by atoms with Crippen LogP contribution < -0.4 is 10.2 Å². The van der Waals surface area contributed by atoms with E-state index < -0.39 is 4.92 Å². The fourth-order valence-corrected chi connectivity index (χ4v) is 3.89. The number of carbonyl (C=O) groups is 1. The van der Waals surface area contributed by atoms with E-state index in [4.69, 9.17) is 0 Å². The zero-order valence-electron chi connectivity index (χ0n) is 16.9. The molecule has 1 aliphatic rings. The summed E-state index contributed by atoms with van der Waals surface area (Å²) in [6, 6.07) is 8.78. The molecular weight excluding hydrogens is 354 g/mol. The molecule has 0 aliphatic carbocycles. The van der Waals surface area contributed by atoms with Gasteiger partial charge in [-0.2, -0.15) is 0 Å². The van der Waals surface area contributed by atoms with Gasteiger partial charge in [0.1, 0.15) is 5.69 Å². The Bertz CT molecular complexity index is 892. The molecule has 0 saturated carbocycles. The number of hydrogen-bond donors (Lipinski definition) is 1. The van der Waals surface area contributed by atoms with Gasteiger partial charge in [-0.3, -0.25) is 14.9 Å². The number of piperidine rings is 1. The lowest BCUT2D eigenvalue weighted by atomic mass is 9.98. The molecule has 1 N–H and O–H groups in total. The van der Waals surface area contributed by atoms with Gasteiger partial charge in [-0.15, -0.1) is 0 Å². The molecule has 0 aromatic heterocycles. The van der Waals surface area contributed by atoms with Crippen LogP contribution in [0.3, 0.4) is 0 Å². The molecule has 1 saturated heterocycles. The van der Waals surface area contributed by atoms with Gasteiger partial charge in [0, 0.05) is 30.4 Å². The van der Waals surface area contributed by atoms with Crippen LogP contribution in [0, 0.1) is 36.8 Å². The van der Waals surface area contributed by atoms with Crippen LogP contribution in [0.4, 0.5) is 17.1 Å². The van der Waals surface area contributed by atoms with Gasteiger partial charge in [0.15, 0.2) is 0 Å². The quantitative estimate of drug-likeness (QED) is 0.597. The Morgan fingerprint density at radius 3 is 2.29 bits per heavy atom. The van der Waals surface area contributed by atoms with Crippen molar-refractivity contribution in [2.75, 3.05) is 23.3 Å². The summed E-state index contributed by atoms with van der Waals surface area (Å²) >= 11 is 0. The summed E-state index contributed by atoms with van der Waals surface area (Å²) in [5, 5.41) is 14.6.